The highest BCUT2D eigenvalue weighted by Crippen LogP contribution is 2.19. The molecule has 20 heavy (non-hydrogen) atoms. The third kappa shape index (κ3) is 3.33. The largest absolute Gasteiger partial charge is 0.362 e. The van der Waals surface area contributed by atoms with E-state index in [9.17, 15) is 4.39 Å². The predicted octanol–water partition coefficient (Wildman–Crippen LogP) is 2.43. The fraction of sp³-hybridized carbons (Fsp3) is 0.429. The molecule has 6 heteroatoms. The zero-order valence-corrected chi connectivity index (χ0v) is 11.9. The summed E-state index contributed by atoms with van der Waals surface area (Å²) >= 11 is 0. The van der Waals surface area contributed by atoms with Crippen molar-refractivity contribution in [2.24, 2.45) is 5.73 Å². The van der Waals surface area contributed by atoms with Gasteiger partial charge in [-0.2, -0.15) is 4.98 Å². The van der Waals surface area contributed by atoms with E-state index in [1.165, 1.54) is 12.1 Å². The molecule has 0 fully saturated rings. The smallest absolute Gasteiger partial charge is 0.246 e. The first-order valence-corrected chi connectivity index (χ1v) is 6.52. The Balaban J connectivity index is 2.16. The molecule has 0 amide bonds. The number of nitrogens with two attached hydrogens (primary N) is 1. The van der Waals surface area contributed by atoms with Crippen molar-refractivity contribution < 1.29 is 8.91 Å². The summed E-state index contributed by atoms with van der Waals surface area (Å²) in [5.41, 5.74) is 6.05. The van der Waals surface area contributed by atoms with E-state index < -0.39 is 5.54 Å². The Kier molecular flexibility index (Phi) is 4.04. The molecule has 0 bridgehead atoms. The highest BCUT2D eigenvalue weighted by Gasteiger charge is 2.22. The number of hydrogen-bond donors (Lipinski definition) is 1. The van der Waals surface area contributed by atoms with Gasteiger partial charge in [-0.3, -0.25) is 0 Å². The standard InChI is InChI=1S/C14H19FN4O/c1-4-19(11-7-5-6-10(15)8-11)9-12-17-13(18-20-12)14(2,3)16/h5-8H,4,9,16H2,1-3H3. The van der Waals surface area contributed by atoms with Gasteiger partial charge < -0.3 is 15.2 Å². The molecular weight excluding hydrogens is 259 g/mol. The van der Waals surface area contributed by atoms with Gasteiger partial charge in [0.15, 0.2) is 5.82 Å². The summed E-state index contributed by atoms with van der Waals surface area (Å²) in [5, 5.41) is 3.87. The number of halogens is 1. The molecule has 2 aromatic rings. The topological polar surface area (TPSA) is 68.2 Å². The van der Waals surface area contributed by atoms with Crippen molar-refractivity contribution in [3.05, 3.63) is 41.8 Å². The monoisotopic (exact) mass is 278 g/mol. The SMILES string of the molecule is CCN(Cc1nc(C(C)(C)N)no1)c1cccc(F)c1. The van der Waals surface area contributed by atoms with Gasteiger partial charge in [-0.15, -0.1) is 0 Å². The first-order chi connectivity index (χ1) is 9.40. The minimum Gasteiger partial charge on any atom is -0.362 e. The van der Waals surface area contributed by atoms with Crippen LogP contribution in [-0.4, -0.2) is 16.7 Å². The molecule has 2 rings (SSSR count). The van der Waals surface area contributed by atoms with Gasteiger partial charge in [0.1, 0.15) is 5.82 Å². The highest BCUT2D eigenvalue weighted by atomic mass is 19.1. The third-order valence-electron chi connectivity index (χ3n) is 2.93. The Morgan fingerprint density at radius 3 is 2.70 bits per heavy atom. The lowest BCUT2D eigenvalue weighted by Crippen LogP contribution is -2.30. The Bertz CT molecular complexity index is 577. The summed E-state index contributed by atoms with van der Waals surface area (Å²) in [6.07, 6.45) is 0. The van der Waals surface area contributed by atoms with Crippen molar-refractivity contribution in [3.8, 4) is 0 Å². The van der Waals surface area contributed by atoms with Gasteiger partial charge in [0.05, 0.1) is 12.1 Å². The van der Waals surface area contributed by atoms with Gasteiger partial charge in [0, 0.05) is 12.2 Å². The molecule has 0 spiro atoms. The summed E-state index contributed by atoms with van der Waals surface area (Å²) in [4.78, 5) is 6.23. The molecule has 108 valence electrons. The van der Waals surface area contributed by atoms with E-state index in [2.05, 4.69) is 10.1 Å². The summed E-state index contributed by atoms with van der Waals surface area (Å²) < 4.78 is 18.5. The molecule has 0 unspecified atom stereocenters. The van der Waals surface area contributed by atoms with Crippen LogP contribution in [-0.2, 0) is 12.1 Å². The quantitative estimate of drug-likeness (QED) is 0.909. The minimum absolute atomic E-state index is 0.268. The van der Waals surface area contributed by atoms with E-state index in [0.717, 1.165) is 5.69 Å². The van der Waals surface area contributed by atoms with Crippen LogP contribution in [0.25, 0.3) is 0 Å². The van der Waals surface area contributed by atoms with Crippen LogP contribution >= 0.6 is 0 Å². The maximum absolute atomic E-state index is 13.3. The van der Waals surface area contributed by atoms with E-state index in [1.54, 1.807) is 6.07 Å². The first kappa shape index (κ1) is 14.5. The Morgan fingerprint density at radius 2 is 2.15 bits per heavy atom. The van der Waals surface area contributed by atoms with Gasteiger partial charge in [-0.1, -0.05) is 11.2 Å². The number of hydrogen-bond acceptors (Lipinski definition) is 5. The molecule has 2 N–H and O–H groups in total. The molecule has 0 aliphatic heterocycles. The minimum atomic E-state index is -0.641. The van der Waals surface area contributed by atoms with E-state index in [1.807, 2.05) is 31.7 Å². The number of aromatic nitrogens is 2. The Labute approximate surface area is 117 Å². The van der Waals surface area contributed by atoms with Crippen LogP contribution in [0.2, 0.25) is 0 Å². The average Bonchev–Trinajstić information content (AvgIpc) is 2.84. The van der Waals surface area contributed by atoms with Crippen molar-refractivity contribution in [1.82, 2.24) is 10.1 Å². The predicted molar refractivity (Wildman–Crippen MR) is 74.6 cm³/mol. The molecule has 0 aliphatic carbocycles. The number of benzene rings is 1. The van der Waals surface area contributed by atoms with Gasteiger partial charge >= 0.3 is 0 Å². The van der Waals surface area contributed by atoms with Crippen LogP contribution in [0.15, 0.2) is 28.8 Å². The van der Waals surface area contributed by atoms with Crippen molar-refractivity contribution in [2.75, 3.05) is 11.4 Å². The second kappa shape index (κ2) is 5.58. The second-order valence-electron chi connectivity index (χ2n) is 5.23. The van der Waals surface area contributed by atoms with Crippen molar-refractivity contribution >= 4 is 5.69 Å². The molecule has 0 radical (unpaired) electrons. The highest BCUT2D eigenvalue weighted by molar-refractivity contribution is 5.46. The second-order valence-corrected chi connectivity index (χ2v) is 5.23. The Morgan fingerprint density at radius 1 is 1.40 bits per heavy atom. The lowest BCUT2D eigenvalue weighted by molar-refractivity contribution is 0.359. The van der Waals surface area contributed by atoms with Gasteiger partial charge in [-0.05, 0) is 39.0 Å². The van der Waals surface area contributed by atoms with Gasteiger partial charge in [-0.25, -0.2) is 4.39 Å². The lowest BCUT2D eigenvalue weighted by Gasteiger charge is -2.21. The van der Waals surface area contributed by atoms with E-state index in [0.29, 0.717) is 24.8 Å². The average molecular weight is 278 g/mol. The van der Waals surface area contributed by atoms with Crippen LogP contribution in [0.3, 0.4) is 0 Å². The fourth-order valence-electron chi connectivity index (χ4n) is 1.80. The van der Waals surface area contributed by atoms with Crippen LogP contribution < -0.4 is 10.6 Å². The third-order valence-corrected chi connectivity index (χ3v) is 2.93. The van der Waals surface area contributed by atoms with E-state index in [-0.39, 0.29) is 5.82 Å². The number of rotatable bonds is 5. The summed E-state index contributed by atoms with van der Waals surface area (Å²) in [6.45, 7) is 6.73. The van der Waals surface area contributed by atoms with Crippen LogP contribution in [0, 0.1) is 5.82 Å². The van der Waals surface area contributed by atoms with Gasteiger partial charge in [0.25, 0.3) is 0 Å². The molecule has 0 aliphatic rings. The molecule has 5 nitrogen and oxygen atoms in total. The molecule has 0 saturated carbocycles. The lowest BCUT2D eigenvalue weighted by atomic mass is 10.1. The zero-order chi connectivity index (χ0) is 14.8. The summed E-state index contributed by atoms with van der Waals surface area (Å²) in [5.74, 6) is 0.655. The molecule has 1 heterocycles. The van der Waals surface area contributed by atoms with Gasteiger partial charge in [0.2, 0.25) is 5.89 Å². The Hall–Kier alpha value is -1.95. The van der Waals surface area contributed by atoms with Crippen molar-refractivity contribution in [3.63, 3.8) is 0 Å². The summed E-state index contributed by atoms with van der Waals surface area (Å²) in [7, 11) is 0. The number of anilines is 1. The van der Waals surface area contributed by atoms with Crippen LogP contribution in [0.1, 0.15) is 32.5 Å². The molecule has 1 aromatic carbocycles. The maximum atomic E-state index is 13.3. The fourth-order valence-corrected chi connectivity index (χ4v) is 1.80. The van der Waals surface area contributed by atoms with E-state index in [4.69, 9.17) is 10.3 Å². The van der Waals surface area contributed by atoms with Crippen LogP contribution in [0.4, 0.5) is 10.1 Å². The molecular formula is C14H19FN4O. The number of nitrogens with zero attached hydrogens (tertiary/aromatic N) is 3. The van der Waals surface area contributed by atoms with Crippen molar-refractivity contribution in [2.45, 2.75) is 32.9 Å². The molecule has 0 atom stereocenters. The normalized spacial score (nSPS) is 11.7. The summed E-state index contributed by atoms with van der Waals surface area (Å²) in [6, 6.07) is 6.42. The van der Waals surface area contributed by atoms with Crippen molar-refractivity contribution in [1.29, 1.82) is 0 Å². The molecule has 1 aromatic heterocycles. The van der Waals surface area contributed by atoms with E-state index >= 15 is 0 Å². The maximum Gasteiger partial charge on any atom is 0.246 e. The first-order valence-electron chi connectivity index (χ1n) is 6.52. The zero-order valence-electron chi connectivity index (χ0n) is 11.9. The van der Waals surface area contributed by atoms with Crippen LogP contribution in [0.5, 0.6) is 0 Å². The molecule has 0 saturated heterocycles.